The third-order valence-electron chi connectivity index (χ3n) is 4.34. The zero-order chi connectivity index (χ0) is 15.3. The van der Waals surface area contributed by atoms with E-state index in [2.05, 4.69) is 5.10 Å². The van der Waals surface area contributed by atoms with Gasteiger partial charge in [-0.2, -0.15) is 0 Å². The van der Waals surface area contributed by atoms with Crippen LogP contribution in [0.15, 0.2) is 6.07 Å². The highest BCUT2D eigenvalue weighted by atomic mass is 16.6. The fourth-order valence-corrected chi connectivity index (χ4v) is 3.46. The highest BCUT2D eigenvalue weighted by Gasteiger charge is 2.46. The molecule has 2 aliphatic heterocycles. The van der Waals surface area contributed by atoms with Crippen molar-refractivity contribution < 1.29 is 14.6 Å². The number of aromatic hydroxyl groups is 1. The van der Waals surface area contributed by atoms with Crippen molar-refractivity contribution in [2.24, 2.45) is 0 Å². The van der Waals surface area contributed by atoms with Crippen molar-refractivity contribution in [2.45, 2.75) is 57.6 Å². The fraction of sp³-hybridized carbons (Fsp3) is 0.733. The quantitative estimate of drug-likeness (QED) is 0.796. The van der Waals surface area contributed by atoms with Crippen molar-refractivity contribution in [3.63, 3.8) is 0 Å². The third-order valence-corrected chi connectivity index (χ3v) is 4.34. The van der Waals surface area contributed by atoms with E-state index in [1.807, 2.05) is 25.5 Å². The van der Waals surface area contributed by atoms with Gasteiger partial charge in [-0.1, -0.05) is 0 Å². The van der Waals surface area contributed by atoms with Crippen LogP contribution < -0.4 is 0 Å². The number of fused-ring (bicyclic) bond motifs is 2. The Balaban J connectivity index is 1.79. The Hall–Kier alpha value is -1.72. The van der Waals surface area contributed by atoms with Gasteiger partial charge in [-0.3, -0.25) is 4.68 Å². The van der Waals surface area contributed by atoms with Crippen LogP contribution in [-0.2, 0) is 16.7 Å². The van der Waals surface area contributed by atoms with Crippen molar-refractivity contribution in [1.29, 1.82) is 0 Å². The van der Waals surface area contributed by atoms with Crippen LogP contribution >= 0.6 is 0 Å². The molecule has 1 saturated heterocycles. The molecule has 6 heteroatoms. The van der Waals surface area contributed by atoms with Gasteiger partial charge in [0, 0.05) is 31.1 Å². The Morgan fingerprint density at radius 2 is 2.14 bits per heavy atom. The standard InChI is InChI=1S/C15H23N3O3/c1-14(2,3)21-13(20)17-8-6-15(10-17)5-4-7-18-11(15)9-12(19)16-18/h9H,4-8,10H2,1-3H3,(H,16,19). The van der Waals surface area contributed by atoms with Gasteiger partial charge < -0.3 is 14.7 Å². The second-order valence-corrected chi connectivity index (χ2v) is 7.15. The van der Waals surface area contributed by atoms with Gasteiger partial charge in [0.1, 0.15) is 5.60 Å². The maximum atomic E-state index is 12.2. The second kappa shape index (κ2) is 4.64. The summed E-state index contributed by atoms with van der Waals surface area (Å²) in [5, 5.41) is 13.8. The van der Waals surface area contributed by atoms with Gasteiger partial charge in [-0.05, 0) is 40.0 Å². The molecule has 1 aromatic heterocycles. The summed E-state index contributed by atoms with van der Waals surface area (Å²) in [6, 6.07) is 1.75. The summed E-state index contributed by atoms with van der Waals surface area (Å²) in [4.78, 5) is 14.0. The Labute approximate surface area is 124 Å². The first-order chi connectivity index (χ1) is 9.79. The Kier molecular flexibility index (Phi) is 3.15. The number of likely N-dealkylation sites (tertiary alicyclic amines) is 1. The molecule has 1 fully saturated rings. The number of amides is 1. The summed E-state index contributed by atoms with van der Waals surface area (Å²) in [6.45, 7) is 7.82. The van der Waals surface area contributed by atoms with E-state index >= 15 is 0 Å². The first-order valence-corrected chi connectivity index (χ1v) is 7.54. The molecule has 1 atom stereocenters. The van der Waals surface area contributed by atoms with Crippen LogP contribution in [0, 0.1) is 0 Å². The number of carbonyl (C=O) groups is 1. The molecule has 0 saturated carbocycles. The zero-order valence-corrected chi connectivity index (χ0v) is 12.9. The summed E-state index contributed by atoms with van der Waals surface area (Å²) in [5.41, 5.74) is 0.500. The molecule has 21 heavy (non-hydrogen) atoms. The van der Waals surface area contributed by atoms with Crippen LogP contribution in [0.3, 0.4) is 0 Å². The molecule has 1 amide bonds. The first-order valence-electron chi connectivity index (χ1n) is 7.54. The van der Waals surface area contributed by atoms with E-state index in [4.69, 9.17) is 4.74 Å². The molecule has 1 spiro atoms. The van der Waals surface area contributed by atoms with Crippen molar-refractivity contribution >= 4 is 6.09 Å². The van der Waals surface area contributed by atoms with Crippen LogP contribution in [0.1, 0.15) is 45.7 Å². The highest BCUT2D eigenvalue weighted by molar-refractivity contribution is 5.69. The molecular weight excluding hydrogens is 270 g/mol. The number of ether oxygens (including phenoxy) is 1. The Morgan fingerprint density at radius 1 is 1.38 bits per heavy atom. The predicted molar refractivity (Wildman–Crippen MR) is 77.2 cm³/mol. The van der Waals surface area contributed by atoms with Gasteiger partial charge in [-0.15, -0.1) is 5.10 Å². The minimum absolute atomic E-state index is 0.0713. The molecule has 0 bridgehead atoms. The molecule has 3 heterocycles. The number of aromatic nitrogens is 2. The number of rotatable bonds is 0. The Morgan fingerprint density at radius 3 is 2.86 bits per heavy atom. The molecule has 1 aromatic rings. The van der Waals surface area contributed by atoms with E-state index in [9.17, 15) is 9.90 Å². The molecule has 1 unspecified atom stereocenters. The van der Waals surface area contributed by atoms with E-state index < -0.39 is 5.60 Å². The normalized spacial score (nSPS) is 25.2. The average molecular weight is 293 g/mol. The maximum absolute atomic E-state index is 12.2. The minimum Gasteiger partial charge on any atom is -0.492 e. The first kappa shape index (κ1) is 14.2. The molecule has 0 radical (unpaired) electrons. The smallest absolute Gasteiger partial charge is 0.410 e. The highest BCUT2D eigenvalue weighted by Crippen LogP contribution is 2.42. The van der Waals surface area contributed by atoms with E-state index in [1.165, 1.54) is 0 Å². The molecule has 2 aliphatic rings. The maximum Gasteiger partial charge on any atom is 0.410 e. The van der Waals surface area contributed by atoms with Crippen molar-refractivity contribution in [3.8, 4) is 5.88 Å². The van der Waals surface area contributed by atoms with Crippen LogP contribution in [0.4, 0.5) is 4.79 Å². The fourth-order valence-electron chi connectivity index (χ4n) is 3.46. The topological polar surface area (TPSA) is 67.6 Å². The van der Waals surface area contributed by atoms with Crippen LogP contribution in [0.5, 0.6) is 5.88 Å². The van der Waals surface area contributed by atoms with Crippen molar-refractivity contribution in [2.75, 3.05) is 13.1 Å². The summed E-state index contributed by atoms with van der Waals surface area (Å²) in [6.07, 6.45) is 2.70. The van der Waals surface area contributed by atoms with Crippen molar-refractivity contribution in [1.82, 2.24) is 14.7 Å². The van der Waals surface area contributed by atoms with Gasteiger partial charge in [0.2, 0.25) is 5.88 Å². The third kappa shape index (κ3) is 2.59. The van der Waals surface area contributed by atoms with E-state index in [0.29, 0.717) is 13.1 Å². The number of aryl methyl sites for hydroxylation is 1. The van der Waals surface area contributed by atoms with Crippen LogP contribution in [0.25, 0.3) is 0 Å². The molecule has 1 N–H and O–H groups in total. The van der Waals surface area contributed by atoms with Gasteiger partial charge in [0.25, 0.3) is 0 Å². The lowest BCUT2D eigenvalue weighted by Gasteiger charge is -2.34. The molecule has 0 aromatic carbocycles. The lowest BCUT2D eigenvalue weighted by Crippen LogP contribution is -2.40. The molecule has 116 valence electrons. The van der Waals surface area contributed by atoms with Crippen LogP contribution in [-0.4, -0.2) is 44.6 Å². The summed E-state index contributed by atoms with van der Waals surface area (Å²) >= 11 is 0. The average Bonchev–Trinajstić information content (AvgIpc) is 2.92. The number of hydrogen-bond acceptors (Lipinski definition) is 4. The molecule has 0 aliphatic carbocycles. The number of hydrogen-bond donors (Lipinski definition) is 1. The molecule has 6 nitrogen and oxygen atoms in total. The largest absolute Gasteiger partial charge is 0.492 e. The van der Waals surface area contributed by atoms with Crippen LogP contribution in [0.2, 0.25) is 0 Å². The van der Waals surface area contributed by atoms with E-state index in [0.717, 1.165) is 31.5 Å². The minimum atomic E-state index is -0.473. The molecular formula is C15H23N3O3. The summed E-state index contributed by atoms with van der Waals surface area (Å²) in [7, 11) is 0. The van der Waals surface area contributed by atoms with Crippen molar-refractivity contribution in [3.05, 3.63) is 11.8 Å². The molecule has 3 rings (SSSR count). The van der Waals surface area contributed by atoms with Gasteiger partial charge in [0.05, 0.1) is 5.69 Å². The summed E-state index contributed by atoms with van der Waals surface area (Å²) < 4.78 is 7.35. The van der Waals surface area contributed by atoms with Gasteiger partial charge in [0.15, 0.2) is 0 Å². The van der Waals surface area contributed by atoms with Gasteiger partial charge in [-0.25, -0.2) is 4.79 Å². The van der Waals surface area contributed by atoms with Gasteiger partial charge >= 0.3 is 6.09 Å². The SMILES string of the molecule is CC(C)(C)OC(=O)N1CCC2(CCCn3nc(O)cc32)C1. The monoisotopic (exact) mass is 293 g/mol. The number of nitrogens with zero attached hydrogens (tertiary/aromatic N) is 3. The number of carbonyl (C=O) groups excluding carboxylic acids is 1. The lowest BCUT2D eigenvalue weighted by atomic mass is 9.77. The van der Waals surface area contributed by atoms with E-state index in [-0.39, 0.29) is 17.4 Å². The predicted octanol–water partition coefficient (Wildman–Crippen LogP) is 2.26. The van der Waals surface area contributed by atoms with E-state index in [1.54, 1.807) is 11.0 Å². The Bertz CT molecular complexity index is 561. The summed E-state index contributed by atoms with van der Waals surface area (Å²) in [5.74, 6) is 0.0713. The lowest BCUT2D eigenvalue weighted by molar-refractivity contribution is 0.0280. The second-order valence-electron chi connectivity index (χ2n) is 7.15. The zero-order valence-electron chi connectivity index (χ0n) is 12.9.